The molecule has 0 unspecified atom stereocenters. The first kappa shape index (κ1) is 15.0. The van der Waals surface area contributed by atoms with Crippen molar-refractivity contribution < 1.29 is 4.39 Å². The Balaban J connectivity index is 2.02. The van der Waals surface area contributed by atoms with Crippen LogP contribution < -0.4 is 5.32 Å². The number of nitrogens with zero attached hydrogens (tertiary/aromatic N) is 1. The molecule has 2 nitrogen and oxygen atoms in total. The van der Waals surface area contributed by atoms with Crippen LogP contribution in [-0.4, -0.2) is 31.1 Å². The summed E-state index contributed by atoms with van der Waals surface area (Å²) in [6, 6.07) is 9.25. The quantitative estimate of drug-likeness (QED) is 0.922. The van der Waals surface area contributed by atoms with Crippen LogP contribution in [0.15, 0.2) is 30.3 Å². The van der Waals surface area contributed by atoms with E-state index in [1.165, 1.54) is 4.88 Å². The molecule has 2 heterocycles. The molecule has 0 spiro atoms. The maximum atomic E-state index is 13.4. The van der Waals surface area contributed by atoms with Crippen LogP contribution in [0.3, 0.4) is 0 Å². The van der Waals surface area contributed by atoms with Crippen LogP contribution in [0.25, 0.3) is 0 Å². The van der Waals surface area contributed by atoms with Crippen LogP contribution >= 0.6 is 22.9 Å². The van der Waals surface area contributed by atoms with E-state index in [0.29, 0.717) is 0 Å². The number of hydrogen-bond donors (Lipinski definition) is 1. The number of nitrogens with one attached hydrogen (secondary N) is 1. The number of thiophene rings is 1. The van der Waals surface area contributed by atoms with Crippen molar-refractivity contribution in [3.63, 3.8) is 0 Å². The summed E-state index contributed by atoms with van der Waals surface area (Å²) in [4.78, 5) is 3.66. The van der Waals surface area contributed by atoms with Crippen molar-refractivity contribution in [1.29, 1.82) is 0 Å². The Kier molecular flexibility index (Phi) is 4.60. The molecule has 1 saturated heterocycles. The highest BCUT2D eigenvalue weighted by Gasteiger charge is 2.26. The van der Waals surface area contributed by atoms with Crippen LogP contribution in [-0.2, 0) is 0 Å². The lowest BCUT2D eigenvalue weighted by Gasteiger charge is -2.35. The standard InChI is InChI=1S/C16H18ClFN2S/c1-11-10-12(18)2-3-13(11)16(14-4-5-15(17)21-14)20-8-6-19-7-9-20/h2-5,10,16,19H,6-9H2,1H3/t16-/m1/s1. The van der Waals surface area contributed by atoms with Gasteiger partial charge in [0.2, 0.25) is 0 Å². The number of rotatable bonds is 3. The first-order chi connectivity index (χ1) is 10.1. The topological polar surface area (TPSA) is 15.3 Å². The molecule has 0 bridgehead atoms. The lowest BCUT2D eigenvalue weighted by Crippen LogP contribution is -2.45. The molecular weight excluding hydrogens is 307 g/mol. The van der Waals surface area contributed by atoms with Gasteiger partial charge in [-0.05, 0) is 42.3 Å². The molecule has 0 aliphatic carbocycles. The van der Waals surface area contributed by atoms with E-state index < -0.39 is 0 Å². The molecule has 5 heteroatoms. The van der Waals surface area contributed by atoms with E-state index >= 15 is 0 Å². The molecule has 1 atom stereocenters. The third kappa shape index (κ3) is 3.29. The number of hydrogen-bond acceptors (Lipinski definition) is 3. The molecular formula is C16H18ClFN2S. The van der Waals surface area contributed by atoms with Crippen molar-refractivity contribution in [1.82, 2.24) is 10.2 Å². The van der Waals surface area contributed by atoms with Gasteiger partial charge in [-0.25, -0.2) is 4.39 Å². The Labute approximate surface area is 133 Å². The van der Waals surface area contributed by atoms with Gasteiger partial charge in [0.1, 0.15) is 5.82 Å². The van der Waals surface area contributed by atoms with Gasteiger partial charge in [0, 0.05) is 31.1 Å². The summed E-state index contributed by atoms with van der Waals surface area (Å²) in [5.74, 6) is -0.181. The fourth-order valence-electron chi connectivity index (χ4n) is 2.89. The summed E-state index contributed by atoms with van der Waals surface area (Å²) in [5, 5.41) is 3.38. The summed E-state index contributed by atoms with van der Waals surface area (Å²) < 4.78 is 14.2. The fourth-order valence-corrected chi connectivity index (χ4v) is 4.11. The van der Waals surface area contributed by atoms with Gasteiger partial charge in [-0.2, -0.15) is 0 Å². The highest BCUT2D eigenvalue weighted by Crippen LogP contribution is 2.36. The van der Waals surface area contributed by atoms with Crippen molar-refractivity contribution >= 4 is 22.9 Å². The molecule has 21 heavy (non-hydrogen) atoms. The van der Waals surface area contributed by atoms with E-state index in [0.717, 1.165) is 41.6 Å². The predicted molar refractivity (Wildman–Crippen MR) is 86.8 cm³/mol. The molecule has 1 fully saturated rings. The number of benzene rings is 1. The number of halogens is 2. The number of aryl methyl sites for hydroxylation is 1. The van der Waals surface area contributed by atoms with E-state index in [-0.39, 0.29) is 11.9 Å². The second kappa shape index (κ2) is 6.44. The van der Waals surface area contributed by atoms with Gasteiger partial charge in [-0.1, -0.05) is 17.7 Å². The summed E-state index contributed by atoms with van der Waals surface area (Å²) in [7, 11) is 0. The molecule has 112 valence electrons. The lowest BCUT2D eigenvalue weighted by atomic mass is 9.98. The minimum Gasteiger partial charge on any atom is -0.314 e. The Bertz CT molecular complexity index is 622. The SMILES string of the molecule is Cc1cc(F)ccc1[C@H](c1ccc(Cl)s1)N1CCNCC1. The van der Waals surface area contributed by atoms with Crippen molar-refractivity contribution in [3.05, 3.63) is 56.5 Å². The summed E-state index contributed by atoms with van der Waals surface area (Å²) in [6.45, 7) is 5.91. The number of piperazine rings is 1. The minimum atomic E-state index is -0.181. The van der Waals surface area contributed by atoms with Gasteiger partial charge >= 0.3 is 0 Å². The van der Waals surface area contributed by atoms with Crippen molar-refractivity contribution in [3.8, 4) is 0 Å². The normalized spacial score (nSPS) is 17.9. The Hall–Kier alpha value is -0.940. The van der Waals surface area contributed by atoms with Gasteiger partial charge in [0.15, 0.2) is 0 Å². The average molecular weight is 325 g/mol. The smallest absolute Gasteiger partial charge is 0.123 e. The highest BCUT2D eigenvalue weighted by molar-refractivity contribution is 7.16. The van der Waals surface area contributed by atoms with Gasteiger partial charge in [0.25, 0.3) is 0 Å². The Morgan fingerprint density at radius 1 is 1.24 bits per heavy atom. The van der Waals surface area contributed by atoms with Crippen LogP contribution in [0, 0.1) is 12.7 Å². The molecule has 1 aliphatic rings. The summed E-state index contributed by atoms with van der Waals surface area (Å²) in [6.07, 6.45) is 0. The largest absolute Gasteiger partial charge is 0.314 e. The maximum Gasteiger partial charge on any atom is 0.123 e. The monoisotopic (exact) mass is 324 g/mol. The van der Waals surface area contributed by atoms with Gasteiger partial charge in [-0.15, -0.1) is 11.3 Å². The zero-order valence-electron chi connectivity index (χ0n) is 11.9. The molecule has 1 N–H and O–H groups in total. The molecule has 1 aliphatic heterocycles. The molecule has 0 saturated carbocycles. The third-order valence-electron chi connectivity index (χ3n) is 3.91. The molecule has 1 aromatic carbocycles. The van der Waals surface area contributed by atoms with Gasteiger partial charge < -0.3 is 5.32 Å². The third-order valence-corrected chi connectivity index (χ3v) is 5.19. The molecule has 0 radical (unpaired) electrons. The second-order valence-electron chi connectivity index (χ2n) is 5.33. The Morgan fingerprint density at radius 3 is 2.62 bits per heavy atom. The van der Waals surface area contributed by atoms with E-state index in [1.54, 1.807) is 23.5 Å². The molecule has 3 rings (SSSR count). The first-order valence-electron chi connectivity index (χ1n) is 7.11. The summed E-state index contributed by atoms with van der Waals surface area (Å²) >= 11 is 7.73. The van der Waals surface area contributed by atoms with E-state index in [9.17, 15) is 4.39 Å². The van der Waals surface area contributed by atoms with Crippen LogP contribution in [0.1, 0.15) is 22.0 Å². The molecule has 2 aromatic rings. The van der Waals surface area contributed by atoms with Gasteiger partial charge in [0.05, 0.1) is 10.4 Å². The fraction of sp³-hybridized carbons (Fsp3) is 0.375. The van der Waals surface area contributed by atoms with Gasteiger partial charge in [-0.3, -0.25) is 4.90 Å². The first-order valence-corrected chi connectivity index (χ1v) is 8.30. The van der Waals surface area contributed by atoms with Crippen molar-refractivity contribution in [2.45, 2.75) is 13.0 Å². The van der Waals surface area contributed by atoms with Crippen molar-refractivity contribution in [2.75, 3.05) is 26.2 Å². The van der Waals surface area contributed by atoms with Crippen molar-refractivity contribution in [2.24, 2.45) is 0 Å². The zero-order chi connectivity index (χ0) is 14.8. The lowest BCUT2D eigenvalue weighted by molar-refractivity contribution is 0.200. The van der Waals surface area contributed by atoms with Crippen LogP contribution in [0.2, 0.25) is 4.34 Å². The van der Waals surface area contributed by atoms with Crippen LogP contribution in [0.5, 0.6) is 0 Å². The molecule has 0 amide bonds. The summed E-state index contributed by atoms with van der Waals surface area (Å²) in [5.41, 5.74) is 2.15. The minimum absolute atomic E-state index is 0.158. The molecule has 1 aromatic heterocycles. The maximum absolute atomic E-state index is 13.4. The predicted octanol–water partition coefficient (Wildman–Crippen LogP) is 3.84. The average Bonchev–Trinajstić information content (AvgIpc) is 2.89. The second-order valence-corrected chi connectivity index (χ2v) is 7.08. The highest BCUT2D eigenvalue weighted by atomic mass is 35.5. The van der Waals surface area contributed by atoms with Crippen LogP contribution in [0.4, 0.5) is 4.39 Å². The van der Waals surface area contributed by atoms with E-state index in [4.69, 9.17) is 11.6 Å². The van der Waals surface area contributed by atoms with E-state index in [1.807, 2.05) is 19.1 Å². The zero-order valence-corrected chi connectivity index (χ0v) is 13.5. The van der Waals surface area contributed by atoms with E-state index in [2.05, 4.69) is 16.3 Å². The Morgan fingerprint density at radius 2 is 2.00 bits per heavy atom.